The van der Waals surface area contributed by atoms with Gasteiger partial charge in [0.25, 0.3) is 0 Å². The summed E-state index contributed by atoms with van der Waals surface area (Å²) in [5.41, 5.74) is 2.17. The Labute approximate surface area is 148 Å². The molecule has 25 heavy (non-hydrogen) atoms. The van der Waals surface area contributed by atoms with Crippen molar-refractivity contribution in [2.75, 3.05) is 13.6 Å². The molecule has 8 heteroatoms. The van der Waals surface area contributed by atoms with E-state index >= 15 is 0 Å². The fraction of sp³-hybridized carbons (Fsp3) is 0.647. The Hall–Kier alpha value is -2.38. The van der Waals surface area contributed by atoms with E-state index in [1.165, 1.54) is 0 Å². The second-order valence-corrected chi connectivity index (χ2v) is 7.04. The highest BCUT2D eigenvalue weighted by atomic mass is 16.2. The molecule has 8 nitrogen and oxygen atoms in total. The van der Waals surface area contributed by atoms with E-state index in [1.807, 2.05) is 11.6 Å². The predicted molar refractivity (Wildman–Crippen MR) is 94.1 cm³/mol. The number of urea groups is 1. The predicted octanol–water partition coefficient (Wildman–Crippen LogP) is 1.52. The van der Waals surface area contributed by atoms with Crippen LogP contribution in [0.3, 0.4) is 0 Å². The van der Waals surface area contributed by atoms with Gasteiger partial charge in [-0.05, 0) is 32.3 Å². The van der Waals surface area contributed by atoms with Crippen LogP contribution in [0.25, 0.3) is 0 Å². The van der Waals surface area contributed by atoms with Crippen molar-refractivity contribution in [2.24, 2.45) is 5.92 Å². The number of aromatic nitrogens is 5. The summed E-state index contributed by atoms with van der Waals surface area (Å²) in [6.45, 7) is 8.99. The third-order valence-electron chi connectivity index (χ3n) is 4.60. The van der Waals surface area contributed by atoms with Crippen LogP contribution in [0.2, 0.25) is 0 Å². The zero-order valence-corrected chi connectivity index (χ0v) is 15.5. The van der Waals surface area contributed by atoms with Crippen LogP contribution in [0.1, 0.15) is 36.4 Å². The molecule has 3 rings (SSSR count). The fourth-order valence-electron chi connectivity index (χ4n) is 3.23. The van der Waals surface area contributed by atoms with Gasteiger partial charge >= 0.3 is 6.03 Å². The van der Waals surface area contributed by atoms with Crippen LogP contribution in [-0.4, -0.2) is 49.1 Å². The first-order chi connectivity index (χ1) is 11.9. The van der Waals surface area contributed by atoms with Crippen molar-refractivity contribution in [3.05, 3.63) is 29.1 Å². The topological polar surface area (TPSA) is 80.9 Å². The lowest BCUT2D eigenvalue weighted by atomic mass is 10.2. The zero-order valence-electron chi connectivity index (χ0n) is 15.5. The Morgan fingerprint density at radius 1 is 1.40 bits per heavy atom. The fourth-order valence-corrected chi connectivity index (χ4v) is 3.23. The number of fused-ring (bicyclic) bond motifs is 1. The molecule has 1 atom stereocenters. The Kier molecular flexibility index (Phi) is 5.06. The molecule has 0 aromatic carbocycles. The summed E-state index contributed by atoms with van der Waals surface area (Å²) in [5.74, 6) is 2.19. The van der Waals surface area contributed by atoms with Gasteiger partial charge in [0, 0.05) is 38.8 Å². The molecule has 0 radical (unpaired) electrons. The lowest BCUT2D eigenvalue weighted by molar-refractivity contribution is 0.202. The van der Waals surface area contributed by atoms with Crippen LogP contribution in [0.4, 0.5) is 4.79 Å². The lowest BCUT2D eigenvalue weighted by Gasteiger charge is -2.20. The van der Waals surface area contributed by atoms with Gasteiger partial charge in [0.2, 0.25) is 0 Å². The summed E-state index contributed by atoms with van der Waals surface area (Å²) in [6.07, 6.45) is 2.09. The van der Waals surface area contributed by atoms with Gasteiger partial charge in [-0.1, -0.05) is 6.92 Å². The number of carbonyl (C=O) groups excluding carboxylic acids is 1. The van der Waals surface area contributed by atoms with Crippen LogP contribution < -0.4 is 5.32 Å². The number of nitrogens with one attached hydrogen (secondary N) is 1. The Morgan fingerprint density at radius 3 is 2.92 bits per heavy atom. The van der Waals surface area contributed by atoms with E-state index in [0.717, 1.165) is 49.0 Å². The van der Waals surface area contributed by atoms with Crippen molar-refractivity contribution in [3.8, 4) is 0 Å². The van der Waals surface area contributed by atoms with E-state index in [1.54, 1.807) is 11.9 Å². The maximum atomic E-state index is 12.3. The second kappa shape index (κ2) is 7.25. The highest BCUT2D eigenvalue weighted by Gasteiger charge is 2.20. The number of hydrogen-bond donors (Lipinski definition) is 1. The highest BCUT2D eigenvalue weighted by Crippen LogP contribution is 2.15. The molecule has 0 aliphatic carbocycles. The summed E-state index contributed by atoms with van der Waals surface area (Å²) in [5, 5.41) is 15.9. The zero-order chi connectivity index (χ0) is 18.0. The molecule has 1 aliphatic rings. The minimum absolute atomic E-state index is 0.0874. The monoisotopic (exact) mass is 345 g/mol. The van der Waals surface area contributed by atoms with E-state index in [-0.39, 0.29) is 6.03 Å². The molecule has 1 aliphatic heterocycles. The molecule has 0 saturated heterocycles. The van der Waals surface area contributed by atoms with Crippen molar-refractivity contribution < 1.29 is 4.79 Å². The summed E-state index contributed by atoms with van der Waals surface area (Å²) in [6, 6.07) is 1.98. The largest absolute Gasteiger partial charge is 0.338 e. The van der Waals surface area contributed by atoms with Crippen molar-refractivity contribution in [1.82, 2.24) is 34.8 Å². The van der Waals surface area contributed by atoms with Gasteiger partial charge in [0.15, 0.2) is 5.82 Å². The number of amides is 2. The first-order valence-corrected chi connectivity index (χ1v) is 8.85. The lowest BCUT2D eigenvalue weighted by Crippen LogP contribution is -2.40. The van der Waals surface area contributed by atoms with E-state index in [2.05, 4.69) is 45.1 Å². The quantitative estimate of drug-likeness (QED) is 0.861. The van der Waals surface area contributed by atoms with E-state index in [4.69, 9.17) is 0 Å². The molecule has 2 amide bonds. The average molecular weight is 345 g/mol. The summed E-state index contributed by atoms with van der Waals surface area (Å²) in [4.78, 5) is 14.0. The van der Waals surface area contributed by atoms with Crippen molar-refractivity contribution >= 4 is 6.03 Å². The molecular weight excluding hydrogens is 318 g/mol. The second-order valence-electron chi connectivity index (χ2n) is 7.04. The van der Waals surface area contributed by atoms with Crippen LogP contribution in [0.15, 0.2) is 6.07 Å². The first kappa shape index (κ1) is 17.4. The van der Waals surface area contributed by atoms with Gasteiger partial charge < -0.3 is 14.8 Å². The van der Waals surface area contributed by atoms with E-state index in [0.29, 0.717) is 19.0 Å². The standard InChI is InChI=1S/C17H27N7O/c1-12(10-24-14(3)8-13(2)21-24)9-18-17(25)22(4)11-16-20-19-15-6-5-7-23(15)16/h8,12H,5-7,9-11H2,1-4H3,(H,18,25)/t12-/m1/s1. The number of carbonyl (C=O) groups is 1. The van der Waals surface area contributed by atoms with Crippen LogP contribution in [0.5, 0.6) is 0 Å². The minimum Gasteiger partial charge on any atom is -0.338 e. The van der Waals surface area contributed by atoms with Gasteiger partial charge in [-0.25, -0.2) is 4.79 Å². The molecule has 0 fully saturated rings. The number of rotatable bonds is 6. The van der Waals surface area contributed by atoms with Crippen LogP contribution in [-0.2, 0) is 26.1 Å². The maximum absolute atomic E-state index is 12.3. The van der Waals surface area contributed by atoms with Crippen LogP contribution in [0, 0.1) is 19.8 Å². The maximum Gasteiger partial charge on any atom is 0.317 e. The Balaban J connectivity index is 1.47. The van der Waals surface area contributed by atoms with E-state index < -0.39 is 0 Å². The van der Waals surface area contributed by atoms with Crippen molar-refractivity contribution in [1.29, 1.82) is 0 Å². The molecule has 2 aromatic heterocycles. The normalized spacial score (nSPS) is 14.4. The SMILES string of the molecule is Cc1cc(C)n(C[C@H](C)CNC(=O)N(C)Cc2nnc3n2CCC3)n1. The average Bonchev–Trinajstić information content (AvgIpc) is 3.23. The van der Waals surface area contributed by atoms with E-state index in [9.17, 15) is 4.79 Å². The molecule has 1 N–H and O–H groups in total. The minimum atomic E-state index is -0.0874. The van der Waals surface area contributed by atoms with Gasteiger partial charge in [0.1, 0.15) is 5.82 Å². The molecule has 0 bridgehead atoms. The number of nitrogens with zero attached hydrogens (tertiary/aromatic N) is 6. The number of hydrogen-bond acceptors (Lipinski definition) is 4. The summed E-state index contributed by atoms with van der Waals surface area (Å²) < 4.78 is 4.12. The van der Waals surface area contributed by atoms with Gasteiger partial charge in [-0.15, -0.1) is 10.2 Å². The molecule has 3 heterocycles. The third kappa shape index (κ3) is 4.00. The van der Waals surface area contributed by atoms with Gasteiger partial charge in [-0.3, -0.25) is 4.68 Å². The van der Waals surface area contributed by atoms with Crippen molar-refractivity contribution in [2.45, 2.75) is 53.2 Å². The number of aryl methyl sites for hydroxylation is 3. The van der Waals surface area contributed by atoms with Crippen LogP contribution >= 0.6 is 0 Å². The highest BCUT2D eigenvalue weighted by molar-refractivity contribution is 5.73. The van der Waals surface area contributed by atoms with Crippen molar-refractivity contribution in [3.63, 3.8) is 0 Å². The van der Waals surface area contributed by atoms with Gasteiger partial charge in [-0.2, -0.15) is 5.10 Å². The Bertz CT molecular complexity index is 748. The Morgan fingerprint density at radius 2 is 2.20 bits per heavy atom. The first-order valence-electron chi connectivity index (χ1n) is 8.85. The smallest absolute Gasteiger partial charge is 0.317 e. The summed E-state index contributed by atoms with van der Waals surface area (Å²) >= 11 is 0. The molecular formula is C17H27N7O. The molecule has 136 valence electrons. The summed E-state index contributed by atoms with van der Waals surface area (Å²) in [7, 11) is 1.79. The molecule has 0 spiro atoms. The molecule has 0 unspecified atom stereocenters. The molecule has 2 aromatic rings. The molecule has 0 saturated carbocycles. The van der Waals surface area contributed by atoms with Gasteiger partial charge in [0.05, 0.1) is 12.2 Å². The third-order valence-corrected chi connectivity index (χ3v) is 4.60.